The minimum absolute atomic E-state index is 0.0714. The van der Waals surface area contributed by atoms with E-state index in [1.54, 1.807) is 30.0 Å². The number of hydrogen-bond donors (Lipinski definition) is 3. The van der Waals surface area contributed by atoms with Gasteiger partial charge in [0.15, 0.2) is 0 Å². The Morgan fingerprint density at radius 1 is 1.18 bits per heavy atom. The highest BCUT2D eigenvalue weighted by Gasteiger charge is 2.25. The molecule has 0 radical (unpaired) electrons. The summed E-state index contributed by atoms with van der Waals surface area (Å²) in [6.07, 6.45) is 6.66. The van der Waals surface area contributed by atoms with Gasteiger partial charge in [-0.2, -0.15) is 5.10 Å². The van der Waals surface area contributed by atoms with Gasteiger partial charge < -0.3 is 16.0 Å². The molecule has 0 fully saturated rings. The molecule has 1 unspecified atom stereocenters. The first kappa shape index (κ1) is 31.5. The van der Waals surface area contributed by atoms with Crippen LogP contribution < -0.4 is 21.0 Å². The number of hydrazone groups is 1. The molecule has 0 bridgehead atoms. The molecule has 0 saturated heterocycles. The van der Waals surface area contributed by atoms with Crippen molar-refractivity contribution in [2.45, 2.75) is 19.1 Å². The number of allylic oxidation sites excluding steroid dienone is 3. The van der Waals surface area contributed by atoms with Crippen LogP contribution in [0.4, 0.5) is 5.69 Å². The Labute approximate surface area is 254 Å². The summed E-state index contributed by atoms with van der Waals surface area (Å²) in [5.41, 5.74) is 3.18. The van der Waals surface area contributed by atoms with Crippen molar-refractivity contribution in [3.63, 3.8) is 0 Å². The molecule has 7 nitrogen and oxygen atoms in total. The predicted octanol–water partition coefficient (Wildman–Crippen LogP) is 6.60. The molecule has 1 aliphatic heterocycles. The zero-order valence-corrected chi connectivity index (χ0v) is 25.2. The number of amides is 2. The van der Waals surface area contributed by atoms with Crippen LogP contribution in [-0.2, 0) is 9.59 Å². The van der Waals surface area contributed by atoms with Gasteiger partial charge in [-0.15, -0.1) is 11.8 Å². The zero-order valence-electron chi connectivity index (χ0n) is 22.1. The van der Waals surface area contributed by atoms with Crippen LogP contribution in [0.1, 0.15) is 30.2 Å². The minimum Gasteiger partial charge on any atom is -0.355 e. The lowest BCUT2D eigenvalue weighted by molar-refractivity contribution is -0.120. The minimum atomic E-state index is -0.363. The molecule has 210 valence electrons. The highest BCUT2D eigenvalue weighted by molar-refractivity contribution is 8.03. The highest BCUT2D eigenvalue weighted by Crippen LogP contribution is 2.48. The average Bonchev–Trinajstić information content (AvgIpc) is 2.90. The second-order valence-electron chi connectivity index (χ2n) is 8.60. The second-order valence-corrected chi connectivity index (χ2v) is 11.2. The van der Waals surface area contributed by atoms with Crippen molar-refractivity contribution in [1.29, 1.82) is 0 Å². The number of halogens is 3. The van der Waals surface area contributed by atoms with Crippen LogP contribution >= 0.6 is 46.6 Å². The van der Waals surface area contributed by atoms with Gasteiger partial charge in [0.25, 0.3) is 5.91 Å². The molecule has 1 atom stereocenters. The van der Waals surface area contributed by atoms with E-state index >= 15 is 0 Å². The summed E-state index contributed by atoms with van der Waals surface area (Å²) in [7, 11) is 0. The fourth-order valence-corrected chi connectivity index (χ4v) is 6.07. The summed E-state index contributed by atoms with van der Waals surface area (Å²) in [5.74, 6) is -0.148. The van der Waals surface area contributed by atoms with Crippen molar-refractivity contribution >= 4 is 70.3 Å². The third-order valence-corrected chi connectivity index (χ3v) is 7.95. The van der Waals surface area contributed by atoms with Crippen LogP contribution in [0.2, 0.25) is 15.1 Å². The number of nitrogens with zero attached hydrogens (tertiary/aromatic N) is 2. The van der Waals surface area contributed by atoms with E-state index in [1.807, 2.05) is 50.3 Å². The molecule has 3 N–H and O–H groups in total. The molecule has 1 aliphatic rings. The molecule has 2 amide bonds. The quantitative estimate of drug-likeness (QED) is 0.233. The SMILES string of the molecule is C=C/C=C\C(CNCC(=O)NCC)=C(/C)SC(c1ccc(Cl)cc1)c1c(Cl)cc(N2N=CC(=O)NC2=C)cc1Cl. The zero-order chi connectivity index (χ0) is 29.2. The van der Waals surface area contributed by atoms with Gasteiger partial charge in [-0.25, -0.2) is 5.01 Å². The van der Waals surface area contributed by atoms with Gasteiger partial charge in [0.05, 0.1) is 17.5 Å². The standard InChI is InChI=1S/C29H30Cl3N5O2S/c1-5-7-8-21(15-33-16-26(38)34-6-2)18(3)40-29(20-9-11-22(30)12-10-20)28-24(31)13-23(14-25(28)32)37-19(4)36-27(39)17-35-37/h5,7-14,17,29,33H,1,4,6,15-16H2,2-3H3,(H,34,38)(H,36,39)/b8-7-,21-18-. The monoisotopic (exact) mass is 617 g/mol. The van der Waals surface area contributed by atoms with Gasteiger partial charge in [-0.1, -0.05) is 78.3 Å². The molecule has 2 aromatic rings. The van der Waals surface area contributed by atoms with Crippen LogP contribution in [0.15, 0.2) is 89.2 Å². The molecule has 0 saturated carbocycles. The Bertz CT molecular complexity index is 1350. The van der Waals surface area contributed by atoms with Gasteiger partial charge in [-0.05, 0) is 54.2 Å². The molecule has 1 heterocycles. The lowest BCUT2D eigenvalue weighted by atomic mass is 10.0. The second kappa shape index (κ2) is 15.1. The maximum atomic E-state index is 11.9. The van der Waals surface area contributed by atoms with E-state index in [2.05, 4.69) is 34.2 Å². The third kappa shape index (κ3) is 8.49. The number of thioether (sulfide) groups is 1. The molecule has 2 aromatic carbocycles. The van der Waals surface area contributed by atoms with Crippen molar-refractivity contribution in [2.24, 2.45) is 5.10 Å². The van der Waals surface area contributed by atoms with Crippen molar-refractivity contribution in [1.82, 2.24) is 16.0 Å². The summed E-state index contributed by atoms with van der Waals surface area (Å²) in [5, 5.41) is 15.3. The predicted molar refractivity (Wildman–Crippen MR) is 169 cm³/mol. The molecule has 0 spiro atoms. The topological polar surface area (TPSA) is 85.8 Å². The molecule has 0 aromatic heterocycles. The first-order chi connectivity index (χ1) is 19.1. The van der Waals surface area contributed by atoms with Crippen molar-refractivity contribution in [3.8, 4) is 0 Å². The highest BCUT2D eigenvalue weighted by atomic mass is 35.5. The molecule has 0 aliphatic carbocycles. The Morgan fingerprint density at radius 2 is 1.85 bits per heavy atom. The summed E-state index contributed by atoms with van der Waals surface area (Å²) in [6, 6.07) is 11.0. The Kier molecular flexibility index (Phi) is 11.9. The summed E-state index contributed by atoms with van der Waals surface area (Å²) in [4.78, 5) is 24.5. The first-order valence-corrected chi connectivity index (χ1v) is 14.4. The lowest BCUT2D eigenvalue weighted by Crippen LogP contribution is -2.37. The van der Waals surface area contributed by atoms with Crippen molar-refractivity contribution in [2.75, 3.05) is 24.6 Å². The lowest BCUT2D eigenvalue weighted by Gasteiger charge is -2.27. The number of carbonyl (C=O) groups excluding carboxylic acids is 2. The number of benzene rings is 2. The van der Waals surface area contributed by atoms with Gasteiger partial charge in [0.1, 0.15) is 12.0 Å². The molecule has 40 heavy (non-hydrogen) atoms. The summed E-state index contributed by atoms with van der Waals surface area (Å²) < 4.78 is 0. The van der Waals surface area contributed by atoms with Crippen LogP contribution in [0.3, 0.4) is 0 Å². The summed E-state index contributed by atoms with van der Waals surface area (Å²) >= 11 is 21.5. The largest absolute Gasteiger partial charge is 0.355 e. The van der Waals surface area contributed by atoms with Gasteiger partial charge in [0, 0.05) is 33.7 Å². The smallest absolute Gasteiger partial charge is 0.269 e. The van der Waals surface area contributed by atoms with Crippen molar-refractivity contribution in [3.05, 3.63) is 110 Å². The van der Waals surface area contributed by atoms with Crippen LogP contribution in [0, 0.1) is 0 Å². The molecular formula is C29H30Cl3N5O2S. The number of carbonyl (C=O) groups is 2. The number of anilines is 1. The maximum absolute atomic E-state index is 11.9. The number of hydrogen-bond acceptors (Lipinski definition) is 6. The van der Waals surface area contributed by atoms with E-state index in [0.29, 0.717) is 39.4 Å². The van der Waals surface area contributed by atoms with Crippen LogP contribution in [-0.4, -0.2) is 37.7 Å². The first-order valence-electron chi connectivity index (χ1n) is 12.4. The molecule has 11 heteroatoms. The van der Waals surface area contributed by atoms with Crippen molar-refractivity contribution < 1.29 is 9.59 Å². The van der Waals surface area contributed by atoms with E-state index in [9.17, 15) is 9.59 Å². The van der Waals surface area contributed by atoms with E-state index in [1.165, 1.54) is 5.01 Å². The average molecular weight is 619 g/mol. The van der Waals surface area contributed by atoms with E-state index in [4.69, 9.17) is 34.8 Å². The van der Waals surface area contributed by atoms with Crippen LogP contribution in [0.25, 0.3) is 0 Å². The fraction of sp³-hybridized carbons (Fsp3) is 0.207. The summed E-state index contributed by atoms with van der Waals surface area (Å²) in [6.45, 7) is 12.8. The number of likely N-dealkylation sites (N-methyl/N-ethyl adjacent to an activating group) is 1. The van der Waals surface area contributed by atoms with E-state index in [-0.39, 0.29) is 29.4 Å². The molecular weight excluding hydrogens is 589 g/mol. The van der Waals surface area contributed by atoms with E-state index < -0.39 is 0 Å². The third-order valence-electron chi connectivity index (χ3n) is 5.71. The number of rotatable bonds is 12. The normalized spacial score (nSPS) is 14.7. The van der Waals surface area contributed by atoms with Gasteiger partial charge in [0.2, 0.25) is 5.91 Å². The van der Waals surface area contributed by atoms with Gasteiger partial charge in [-0.3, -0.25) is 9.59 Å². The Hall–Kier alpha value is -3.01. The van der Waals surface area contributed by atoms with Gasteiger partial charge >= 0.3 is 0 Å². The van der Waals surface area contributed by atoms with Crippen LogP contribution in [0.5, 0.6) is 0 Å². The Balaban J connectivity index is 2.02. The van der Waals surface area contributed by atoms with E-state index in [0.717, 1.165) is 22.3 Å². The Morgan fingerprint density at radius 3 is 2.45 bits per heavy atom. The maximum Gasteiger partial charge on any atom is 0.269 e. The fourth-order valence-electron chi connectivity index (χ4n) is 3.81. The number of nitrogens with one attached hydrogen (secondary N) is 3. The molecule has 3 rings (SSSR count).